The third kappa shape index (κ3) is 10.6. The Morgan fingerprint density at radius 2 is 1.44 bits per heavy atom. The van der Waals surface area contributed by atoms with E-state index in [4.69, 9.17) is 0 Å². The van der Waals surface area contributed by atoms with Gasteiger partial charge < -0.3 is 15.1 Å². The average Bonchev–Trinajstić information content (AvgIpc) is 3.45. The van der Waals surface area contributed by atoms with E-state index >= 15 is 0 Å². The predicted molar refractivity (Wildman–Crippen MR) is 210 cm³/mol. The summed E-state index contributed by atoms with van der Waals surface area (Å²) in [6.45, 7) is 2.19. The Kier molecular flexibility index (Phi) is 13.8. The van der Waals surface area contributed by atoms with Crippen molar-refractivity contribution in [3.05, 3.63) is 102 Å². The molecule has 3 aromatic carbocycles. The first-order valence-corrected chi connectivity index (χ1v) is 20.8. The van der Waals surface area contributed by atoms with E-state index in [0.717, 1.165) is 35.2 Å². The highest BCUT2D eigenvalue weighted by atomic mass is 32.2. The van der Waals surface area contributed by atoms with Gasteiger partial charge in [-0.05, 0) is 99.6 Å². The van der Waals surface area contributed by atoms with Crippen molar-refractivity contribution < 1.29 is 32.3 Å². The van der Waals surface area contributed by atoms with Crippen molar-refractivity contribution in [2.45, 2.75) is 95.1 Å². The molecule has 3 aliphatic rings. The number of anilines is 1. The molecule has 0 saturated carbocycles. The molecule has 3 aliphatic heterocycles. The summed E-state index contributed by atoms with van der Waals surface area (Å²) < 4.78 is 41.2. The minimum atomic E-state index is -4.37. The number of para-hydroxylation sites is 1. The van der Waals surface area contributed by atoms with E-state index in [2.05, 4.69) is 5.32 Å². The van der Waals surface area contributed by atoms with Gasteiger partial charge in [0.2, 0.25) is 17.7 Å². The summed E-state index contributed by atoms with van der Waals surface area (Å²) >= 11 is 1.51. The number of aryl methyl sites for hydroxylation is 1. The molecule has 0 bridgehead atoms. The number of thioether (sulfide) groups is 1. The van der Waals surface area contributed by atoms with Gasteiger partial charge in [0, 0.05) is 43.0 Å². The lowest BCUT2D eigenvalue weighted by Gasteiger charge is -2.39. The molecule has 1 N–H and O–H groups in total. The zero-order valence-electron chi connectivity index (χ0n) is 31.5. The maximum Gasteiger partial charge on any atom is 0.393 e. The van der Waals surface area contributed by atoms with Gasteiger partial charge in [-0.25, -0.2) is 0 Å². The fourth-order valence-corrected chi connectivity index (χ4v) is 9.76. The minimum absolute atomic E-state index is 0.00524. The monoisotopic (exact) mass is 775 g/mol. The van der Waals surface area contributed by atoms with Gasteiger partial charge in [-0.3, -0.25) is 19.2 Å². The smallest absolute Gasteiger partial charge is 0.344 e. The number of piperidine rings is 1. The summed E-state index contributed by atoms with van der Waals surface area (Å²) in [6.07, 6.45) is 0.0762. The van der Waals surface area contributed by atoms with Crippen molar-refractivity contribution in [3.8, 4) is 0 Å². The van der Waals surface area contributed by atoms with Crippen LogP contribution in [-0.2, 0) is 32.0 Å². The van der Waals surface area contributed by atoms with Crippen LogP contribution in [0, 0.1) is 30.6 Å². The molecule has 3 amide bonds. The molecule has 2 unspecified atom stereocenters. The maximum atomic E-state index is 14.3. The molecule has 0 aromatic heterocycles. The van der Waals surface area contributed by atoms with E-state index < -0.39 is 35.9 Å². The number of Topliss-reactive ketones (excluding diaryl/α,β-unsaturated/α-hetero) is 1. The summed E-state index contributed by atoms with van der Waals surface area (Å²) in [6, 6.07) is 26.4. The number of rotatable bonds is 13. The second-order valence-corrected chi connectivity index (χ2v) is 16.8. The second kappa shape index (κ2) is 18.7. The molecule has 3 saturated heterocycles. The van der Waals surface area contributed by atoms with E-state index in [0.29, 0.717) is 57.2 Å². The fourth-order valence-electron chi connectivity index (χ4n) is 8.39. The van der Waals surface area contributed by atoms with E-state index in [-0.39, 0.29) is 48.3 Å². The lowest BCUT2D eigenvalue weighted by Crippen LogP contribution is -2.50. The molecule has 55 heavy (non-hydrogen) atoms. The van der Waals surface area contributed by atoms with Crippen LogP contribution in [0.3, 0.4) is 0 Å². The van der Waals surface area contributed by atoms with Crippen LogP contribution >= 0.6 is 11.8 Å². The molecule has 3 fully saturated rings. The van der Waals surface area contributed by atoms with Crippen LogP contribution < -0.4 is 10.2 Å². The normalized spacial score (nSPS) is 23.3. The largest absolute Gasteiger partial charge is 0.393 e. The zero-order chi connectivity index (χ0) is 39.0. The number of hydrogen-bond donors (Lipinski definition) is 1. The number of nitrogens with one attached hydrogen (secondary N) is 1. The molecule has 294 valence electrons. The number of carbonyl (C=O) groups is 4. The van der Waals surface area contributed by atoms with Crippen LogP contribution in [0.15, 0.2) is 84.9 Å². The molecule has 0 aliphatic carbocycles. The number of alkyl halides is 3. The van der Waals surface area contributed by atoms with Crippen molar-refractivity contribution in [2.75, 3.05) is 23.7 Å². The van der Waals surface area contributed by atoms with Crippen molar-refractivity contribution in [1.29, 1.82) is 0 Å². The van der Waals surface area contributed by atoms with Crippen LogP contribution in [0.2, 0.25) is 0 Å². The quantitative estimate of drug-likeness (QED) is 0.189. The lowest BCUT2D eigenvalue weighted by atomic mass is 9.82. The first-order chi connectivity index (χ1) is 26.5. The van der Waals surface area contributed by atoms with Gasteiger partial charge in [0.05, 0.1) is 11.3 Å². The number of hydrogen-bond acceptors (Lipinski definition) is 5. The van der Waals surface area contributed by atoms with Gasteiger partial charge in [0.1, 0.15) is 11.8 Å². The SMILES string of the molecule is Cc1ccccc1N1CCCCC(NC(=O)[C@H](CCC(Cc2ccccc2)C(=O)C[C@H]2CCS[C@H]3CC[C@@H](C(F)(F)F)CN3C2=O)Cc2ccccc2)C1=O. The first kappa shape index (κ1) is 40.5. The molecule has 3 heterocycles. The highest BCUT2D eigenvalue weighted by Gasteiger charge is 2.47. The molecule has 0 spiro atoms. The summed E-state index contributed by atoms with van der Waals surface area (Å²) in [5.41, 5.74) is 3.76. The Hall–Kier alpha value is -4.12. The maximum absolute atomic E-state index is 14.3. The molecular formula is C44H52F3N3O4S. The van der Waals surface area contributed by atoms with Crippen LogP contribution in [0.25, 0.3) is 0 Å². The van der Waals surface area contributed by atoms with Crippen LogP contribution in [0.5, 0.6) is 0 Å². The summed E-state index contributed by atoms with van der Waals surface area (Å²) in [5, 5.41) is 2.82. The molecule has 6 atom stereocenters. The lowest BCUT2D eigenvalue weighted by molar-refractivity contribution is -0.189. The van der Waals surface area contributed by atoms with Gasteiger partial charge in [0.25, 0.3) is 0 Å². The number of halogens is 3. The zero-order valence-corrected chi connectivity index (χ0v) is 32.3. The fraction of sp³-hybridized carbons (Fsp3) is 0.500. The summed E-state index contributed by atoms with van der Waals surface area (Å²) in [4.78, 5) is 59.5. The van der Waals surface area contributed by atoms with Crippen LogP contribution in [-0.4, -0.2) is 64.8 Å². The van der Waals surface area contributed by atoms with Crippen LogP contribution in [0.1, 0.15) is 74.5 Å². The highest BCUT2D eigenvalue weighted by Crippen LogP contribution is 2.41. The second-order valence-electron chi connectivity index (χ2n) is 15.5. The average molecular weight is 776 g/mol. The van der Waals surface area contributed by atoms with Gasteiger partial charge in [-0.15, -0.1) is 11.8 Å². The van der Waals surface area contributed by atoms with E-state index in [1.54, 1.807) is 4.90 Å². The number of amides is 3. The Morgan fingerprint density at radius 1 is 0.800 bits per heavy atom. The van der Waals surface area contributed by atoms with Crippen molar-refractivity contribution in [1.82, 2.24) is 10.2 Å². The predicted octanol–water partition coefficient (Wildman–Crippen LogP) is 8.33. The van der Waals surface area contributed by atoms with Gasteiger partial charge >= 0.3 is 6.18 Å². The molecule has 0 radical (unpaired) electrons. The number of carbonyl (C=O) groups excluding carboxylic acids is 4. The third-order valence-corrected chi connectivity index (χ3v) is 12.9. The molecule has 11 heteroatoms. The Morgan fingerprint density at radius 3 is 2.11 bits per heavy atom. The van der Waals surface area contributed by atoms with E-state index in [1.165, 1.54) is 16.7 Å². The Bertz CT molecular complexity index is 1770. The first-order valence-electron chi connectivity index (χ1n) is 19.7. The number of ketones is 1. The molecule has 6 rings (SSSR count). The molecular weight excluding hydrogens is 724 g/mol. The topological polar surface area (TPSA) is 86.8 Å². The standard InChI is InChI=1S/C44H52F3N3O4S/c1-30-12-8-9-18-38(30)49-24-11-10-17-37(43(49)54)48-41(52)34(27-32-15-6-3-7-16-32)20-19-33(26-31-13-4-2-5-14-31)39(51)28-35-23-25-55-40-22-21-36(44(45,46)47)29-50(40)42(35)53/h2-9,12-16,18,33-37,40H,10-11,17,19-29H2,1H3,(H,48,52)/t33?,34-,35-,36-,37?,40+/m1/s1. The van der Waals surface area contributed by atoms with E-state index in [9.17, 15) is 32.3 Å². The van der Waals surface area contributed by atoms with Gasteiger partial charge in [0.15, 0.2) is 0 Å². The van der Waals surface area contributed by atoms with Gasteiger partial charge in [-0.1, -0.05) is 78.9 Å². The van der Waals surface area contributed by atoms with Crippen molar-refractivity contribution >= 4 is 41.0 Å². The minimum Gasteiger partial charge on any atom is -0.344 e. The van der Waals surface area contributed by atoms with Crippen molar-refractivity contribution in [3.63, 3.8) is 0 Å². The van der Waals surface area contributed by atoms with Gasteiger partial charge in [-0.2, -0.15) is 13.2 Å². The summed E-state index contributed by atoms with van der Waals surface area (Å²) in [5.74, 6) is -3.49. The number of benzene rings is 3. The third-order valence-electron chi connectivity index (χ3n) is 11.6. The van der Waals surface area contributed by atoms with Crippen molar-refractivity contribution in [2.24, 2.45) is 23.7 Å². The Balaban J connectivity index is 1.19. The number of nitrogens with zero attached hydrogens (tertiary/aromatic N) is 2. The molecule has 7 nitrogen and oxygen atoms in total. The Labute approximate surface area is 326 Å². The highest BCUT2D eigenvalue weighted by molar-refractivity contribution is 7.99. The number of fused-ring (bicyclic) bond motifs is 1. The molecule has 3 aromatic rings. The van der Waals surface area contributed by atoms with Crippen LogP contribution in [0.4, 0.5) is 18.9 Å². The summed E-state index contributed by atoms with van der Waals surface area (Å²) in [7, 11) is 0. The van der Waals surface area contributed by atoms with E-state index in [1.807, 2.05) is 91.9 Å².